The summed E-state index contributed by atoms with van der Waals surface area (Å²) in [7, 11) is 3.12. The summed E-state index contributed by atoms with van der Waals surface area (Å²) in [5.41, 5.74) is 0.637. The van der Waals surface area contributed by atoms with E-state index >= 15 is 0 Å². The average molecular weight is 329 g/mol. The van der Waals surface area contributed by atoms with E-state index in [0.29, 0.717) is 30.4 Å². The van der Waals surface area contributed by atoms with Gasteiger partial charge in [0.15, 0.2) is 0 Å². The van der Waals surface area contributed by atoms with Crippen molar-refractivity contribution < 1.29 is 19.0 Å². The molecule has 0 bridgehead atoms. The molecular weight excluding hydrogens is 310 g/mol. The van der Waals surface area contributed by atoms with Crippen molar-refractivity contribution in [1.82, 2.24) is 14.9 Å². The molecule has 3 rings (SSSR count). The van der Waals surface area contributed by atoms with E-state index in [2.05, 4.69) is 9.97 Å². The molecule has 1 unspecified atom stereocenters. The SMILES string of the molecule is COc1ccc(C(=O)N2CCC(Oc3cncc(OC)n3)C2)cc1. The first-order chi connectivity index (χ1) is 11.7. The van der Waals surface area contributed by atoms with Gasteiger partial charge in [-0.3, -0.25) is 9.78 Å². The van der Waals surface area contributed by atoms with E-state index in [1.54, 1.807) is 36.3 Å². The van der Waals surface area contributed by atoms with Gasteiger partial charge in [-0.2, -0.15) is 4.98 Å². The summed E-state index contributed by atoms with van der Waals surface area (Å²) in [4.78, 5) is 22.5. The lowest BCUT2D eigenvalue weighted by Gasteiger charge is -2.17. The molecule has 0 N–H and O–H groups in total. The number of rotatable bonds is 5. The van der Waals surface area contributed by atoms with Crippen molar-refractivity contribution in [1.29, 1.82) is 0 Å². The summed E-state index contributed by atoms with van der Waals surface area (Å²) < 4.78 is 15.9. The Balaban J connectivity index is 1.60. The first-order valence-corrected chi connectivity index (χ1v) is 7.65. The molecule has 0 aliphatic carbocycles. The van der Waals surface area contributed by atoms with Crippen LogP contribution in [0.25, 0.3) is 0 Å². The number of carbonyl (C=O) groups excluding carboxylic acids is 1. The van der Waals surface area contributed by atoms with Crippen LogP contribution in [-0.4, -0.2) is 54.2 Å². The number of amides is 1. The molecule has 24 heavy (non-hydrogen) atoms. The molecule has 126 valence electrons. The van der Waals surface area contributed by atoms with Crippen LogP contribution in [0.5, 0.6) is 17.5 Å². The molecule has 2 aromatic rings. The zero-order chi connectivity index (χ0) is 16.9. The van der Waals surface area contributed by atoms with Crippen molar-refractivity contribution in [2.45, 2.75) is 12.5 Å². The smallest absolute Gasteiger partial charge is 0.253 e. The predicted octanol–water partition coefficient (Wildman–Crippen LogP) is 1.79. The Morgan fingerprint density at radius 2 is 1.88 bits per heavy atom. The van der Waals surface area contributed by atoms with Crippen molar-refractivity contribution in [3.8, 4) is 17.5 Å². The number of nitrogens with zero attached hydrogens (tertiary/aromatic N) is 3. The Morgan fingerprint density at radius 1 is 1.12 bits per heavy atom. The molecule has 0 spiro atoms. The lowest BCUT2D eigenvalue weighted by atomic mass is 10.2. The summed E-state index contributed by atoms with van der Waals surface area (Å²) in [6, 6.07) is 7.10. The van der Waals surface area contributed by atoms with Crippen LogP contribution >= 0.6 is 0 Å². The van der Waals surface area contributed by atoms with Crippen LogP contribution in [0.15, 0.2) is 36.7 Å². The molecular formula is C17H19N3O4. The van der Waals surface area contributed by atoms with E-state index in [-0.39, 0.29) is 12.0 Å². The van der Waals surface area contributed by atoms with E-state index in [0.717, 1.165) is 12.2 Å². The lowest BCUT2D eigenvalue weighted by molar-refractivity contribution is 0.0771. The number of benzene rings is 1. The molecule has 1 atom stereocenters. The van der Waals surface area contributed by atoms with Gasteiger partial charge < -0.3 is 19.1 Å². The third-order valence-corrected chi connectivity index (χ3v) is 3.86. The number of likely N-dealkylation sites (tertiary alicyclic amines) is 1. The first-order valence-electron chi connectivity index (χ1n) is 7.65. The molecule has 7 heteroatoms. The molecule has 7 nitrogen and oxygen atoms in total. The Kier molecular flexibility index (Phi) is 4.79. The highest BCUT2D eigenvalue weighted by Gasteiger charge is 2.28. The molecule has 1 aliphatic heterocycles. The van der Waals surface area contributed by atoms with Crippen molar-refractivity contribution in [2.75, 3.05) is 27.3 Å². The highest BCUT2D eigenvalue weighted by Crippen LogP contribution is 2.20. The molecule has 0 saturated carbocycles. The van der Waals surface area contributed by atoms with Crippen LogP contribution in [0.2, 0.25) is 0 Å². The van der Waals surface area contributed by atoms with Crippen LogP contribution in [0.4, 0.5) is 0 Å². The maximum Gasteiger partial charge on any atom is 0.253 e. The van der Waals surface area contributed by atoms with Gasteiger partial charge in [0.05, 0.1) is 33.2 Å². The first kappa shape index (κ1) is 16.0. The van der Waals surface area contributed by atoms with Crippen LogP contribution < -0.4 is 14.2 Å². The summed E-state index contributed by atoms with van der Waals surface area (Å²) in [6.45, 7) is 1.16. The Labute approximate surface area is 140 Å². The maximum atomic E-state index is 12.5. The van der Waals surface area contributed by atoms with Crippen LogP contribution in [0.1, 0.15) is 16.8 Å². The molecule has 1 saturated heterocycles. The number of hydrogen-bond donors (Lipinski definition) is 0. The van der Waals surface area contributed by atoms with Gasteiger partial charge in [0.2, 0.25) is 11.8 Å². The summed E-state index contributed by atoms with van der Waals surface area (Å²) in [6.07, 6.45) is 3.70. The topological polar surface area (TPSA) is 73.8 Å². The highest BCUT2D eigenvalue weighted by atomic mass is 16.5. The van der Waals surface area contributed by atoms with Gasteiger partial charge in [0.1, 0.15) is 11.9 Å². The summed E-state index contributed by atoms with van der Waals surface area (Å²) in [5.74, 6) is 1.51. The quantitative estimate of drug-likeness (QED) is 0.832. The minimum absolute atomic E-state index is 0.0134. The largest absolute Gasteiger partial charge is 0.497 e. The number of ether oxygens (including phenoxy) is 3. The number of hydrogen-bond acceptors (Lipinski definition) is 6. The van der Waals surface area contributed by atoms with Crippen molar-refractivity contribution in [3.05, 3.63) is 42.2 Å². The number of methoxy groups -OCH3 is 2. The van der Waals surface area contributed by atoms with Gasteiger partial charge in [-0.1, -0.05) is 0 Å². The van der Waals surface area contributed by atoms with E-state index < -0.39 is 0 Å². The molecule has 1 aromatic carbocycles. The second-order valence-corrected chi connectivity index (χ2v) is 5.41. The van der Waals surface area contributed by atoms with Gasteiger partial charge in [0.25, 0.3) is 5.91 Å². The van der Waals surface area contributed by atoms with Gasteiger partial charge in [-0.25, -0.2) is 0 Å². The van der Waals surface area contributed by atoms with Crippen molar-refractivity contribution in [3.63, 3.8) is 0 Å². The van der Waals surface area contributed by atoms with Gasteiger partial charge in [0, 0.05) is 18.5 Å². The van der Waals surface area contributed by atoms with E-state index in [1.165, 1.54) is 19.5 Å². The molecule has 0 radical (unpaired) electrons. The van der Waals surface area contributed by atoms with E-state index in [1.807, 2.05) is 0 Å². The minimum Gasteiger partial charge on any atom is -0.497 e. The molecule has 1 aliphatic rings. The number of aromatic nitrogens is 2. The predicted molar refractivity (Wildman–Crippen MR) is 86.5 cm³/mol. The fraction of sp³-hybridized carbons (Fsp3) is 0.353. The summed E-state index contributed by atoms with van der Waals surface area (Å²) >= 11 is 0. The third-order valence-electron chi connectivity index (χ3n) is 3.86. The summed E-state index contributed by atoms with van der Waals surface area (Å²) in [5, 5.41) is 0. The lowest BCUT2D eigenvalue weighted by Crippen LogP contribution is -2.31. The van der Waals surface area contributed by atoms with Crippen LogP contribution in [0, 0.1) is 0 Å². The Hall–Kier alpha value is -2.83. The monoisotopic (exact) mass is 329 g/mol. The Morgan fingerprint density at radius 3 is 2.58 bits per heavy atom. The van der Waals surface area contributed by atoms with Gasteiger partial charge >= 0.3 is 0 Å². The standard InChI is InChI=1S/C17H19N3O4/c1-22-13-5-3-12(4-6-13)17(21)20-8-7-14(11-20)24-16-10-18-9-15(19-16)23-2/h3-6,9-10,14H,7-8,11H2,1-2H3. The maximum absolute atomic E-state index is 12.5. The van der Waals surface area contributed by atoms with E-state index in [9.17, 15) is 4.79 Å². The zero-order valence-electron chi connectivity index (χ0n) is 13.6. The van der Waals surface area contributed by atoms with Gasteiger partial charge in [-0.15, -0.1) is 0 Å². The number of carbonyl (C=O) groups is 1. The Bertz CT molecular complexity index is 705. The van der Waals surface area contributed by atoms with E-state index in [4.69, 9.17) is 14.2 Å². The molecule has 1 aromatic heterocycles. The minimum atomic E-state index is -0.103. The molecule has 1 amide bonds. The second kappa shape index (κ2) is 7.16. The zero-order valence-corrected chi connectivity index (χ0v) is 13.6. The molecule has 2 heterocycles. The van der Waals surface area contributed by atoms with Crippen molar-refractivity contribution in [2.24, 2.45) is 0 Å². The normalized spacial score (nSPS) is 16.8. The fourth-order valence-electron chi connectivity index (χ4n) is 2.58. The highest BCUT2D eigenvalue weighted by molar-refractivity contribution is 5.94. The second-order valence-electron chi connectivity index (χ2n) is 5.41. The van der Waals surface area contributed by atoms with Gasteiger partial charge in [-0.05, 0) is 24.3 Å². The third kappa shape index (κ3) is 3.56. The fourth-order valence-corrected chi connectivity index (χ4v) is 2.58. The van der Waals surface area contributed by atoms with Crippen molar-refractivity contribution >= 4 is 5.91 Å². The average Bonchev–Trinajstić information content (AvgIpc) is 3.09. The molecule has 1 fully saturated rings. The van der Waals surface area contributed by atoms with Crippen LogP contribution in [0.3, 0.4) is 0 Å². The van der Waals surface area contributed by atoms with Crippen LogP contribution in [-0.2, 0) is 0 Å².